The molecule has 3 N–H and O–H groups in total. The van der Waals surface area contributed by atoms with Crippen molar-refractivity contribution >= 4 is 11.9 Å². The zero-order chi connectivity index (χ0) is 59.2. The number of aliphatic hydroxyl groups excluding tert-OH is 2. The molecule has 486 valence electrons. The fourth-order valence-corrected chi connectivity index (χ4v) is 12.0. The fraction of sp³-hybridized carbons (Fsp3) is 0.921. The first-order chi connectivity index (χ1) is 40.5. The lowest BCUT2D eigenvalue weighted by Gasteiger charge is -2.20. The van der Waals surface area contributed by atoms with Gasteiger partial charge in [-0.25, -0.2) is 0 Å². The molecule has 0 aromatic carbocycles. The Morgan fingerprint density at radius 2 is 0.573 bits per heavy atom. The van der Waals surface area contributed by atoms with E-state index in [1.807, 2.05) is 6.08 Å². The Labute approximate surface area is 513 Å². The summed E-state index contributed by atoms with van der Waals surface area (Å²) in [6.45, 7) is 4.95. The maximum absolute atomic E-state index is 12.5. The summed E-state index contributed by atoms with van der Waals surface area (Å²) in [4.78, 5) is 24.7. The molecular formula is C76H147NO5. The van der Waals surface area contributed by atoms with Crippen LogP contribution < -0.4 is 5.32 Å². The number of aliphatic hydroxyl groups is 2. The maximum atomic E-state index is 12.5. The minimum absolute atomic E-state index is 0.0135. The van der Waals surface area contributed by atoms with Crippen LogP contribution >= 0.6 is 0 Å². The molecule has 1 amide bonds. The van der Waals surface area contributed by atoms with Crippen LogP contribution in [0.15, 0.2) is 24.3 Å². The molecule has 0 radical (unpaired) electrons. The molecule has 0 aromatic heterocycles. The number of carbonyl (C=O) groups is 2. The van der Waals surface area contributed by atoms with Crippen LogP contribution in [0.1, 0.15) is 425 Å². The van der Waals surface area contributed by atoms with E-state index in [0.29, 0.717) is 19.4 Å². The van der Waals surface area contributed by atoms with Crippen LogP contribution in [0.5, 0.6) is 0 Å². The highest BCUT2D eigenvalue weighted by Gasteiger charge is 2.18. The van der Waals surface area contributed by atoms with E-state index in [4.69, 9.17) is 4.74 Å². The van der Waals surface area contributed by atoms with Gasteiger partial charge in [-0.2, -0.15) is 0 Å². The molecule has 0 aromatic rings. The molecule has 0 spiro atoms. The lowest BCUT2D eigenvalue weighted by atomic mass is 10.0. The van der Waals surface area contributed by atoms with Crippen molar-refractivity contribution in [3.05, 3.63) is 24.3 Å². The molecule has 2 unspecified atom stereocenters. The standard InChI is InChI=1S/C76H147NO5/c1-3-5-7-9-11-13-15-17-19-21-23-24-25-26-29-33-36-40-44-48-52-56-60-64-68-74(79)73(72-78)77-75(80)69-65-61-57-53-49-45-41-37-34-30-27-28-31-35-39-43-47-51-55-59-63-67-71-82-76(81)70-66-62-58-54-50-46-42-38-32-22-20-18-16-14-12-10-8-6-4-2/h18,20,64,68,73-74,78-79H,3-17,19,21-63,65-67,69-72H2,1-2H3,(H,77,80)/b20-18-,68-64+. The number of nitrogens with one attached hydrogen (secondary N) is 1. The Bertz CT molecular complexity index is 1280. The molecule has 0 fully saturated rings. The molecule has 82 heavy (non-hydrogen) atoms. The number of rotatable bonds is 71. The third-order valence-electron chi connectivity index (χ3n) is 17.7. The number of hydrogen-bond donors (Lipinski definition) is 3. The van der Waals surface area contributed by atoms with Crippen molar-refractivity contribution in [2.75, 3.05) is 13.2 Å². The van der Waals surface area contributed by atoms with E-state index >= 15 is 0 Å². The van der Waals surface area contributed by atoms with Gasteiger partial charge in [-0.05, 0) is 57.8 Å². The third-order valence-corrected chi connectivity index (χ3v) is 17.7. The van der Waals surface area contributed by atoms with E-state index in [1.54, 1.807) is 6.08 Å². The van der Waals surface area contributed by atoms with Crippen molar-refractivity contribution in [1.82, 2.24) is 5.32 Å². The quantitative estimate of drug-likeness (QED) is 0.0320. The smallest absolute Gasteiger partial charge is 0.305 e. The van der Waals surface area contributed by atoms with E-state index in [1.165, 1.54) is 353 Å². The van der Waals surface area contributed by atoms with Crippen molar-refractivity contribution in [3.63, 3.8) is 0 Å². The predicted molar refractivity (Wildman–Crippen MR) is 361 cm³/mol. The molecule has 0 bridgehead atoms. The lowest BCUT2D eigenvalue weighted by Crippen LogP contribution is -2.45. The SMILES string of the molecule is CCCCCCCC/C=C\CCCCCCCCCCCC(=O)OCCCCCCCCCCCCCCCCCCCCCCCCC(=O)NC(CO)C(O)/C=C/CCCCCCCCCCCCCCCCCCCCCCCC. The van der Waals surface area contributed by atoms with Crippen molar-refractivity contribution in [2.45, 2.75) is 437 Å². The highest BCUT2D eigenvalue weighted by atomic mass is 16.5. The first-order valence-electron chi connectivity index (χ1n) is 37.6. The number of esters is 1. The van der Waals surface area contributed by atoms with Crippen molar-refractivity contribution in [2.24, 2.45) is 0 Å². The molecule has 0 aliphatic heterocycles. The van der Waals surface area contributed by atoms with Crippen molar-refractivity contribution in [3.8, 4) is 0 Å². The first kappa shape index (κ1) is 80.3. The minimum atomic E-state index is -0.846. The van der Waals surface area contributed by atoms with Gasteiger partial charge in [-0.1, -0.05) is 378 Å². The summed E-state index contributed by atoms with van der Waals surface area (Å²) in [6, 6.07) is -0.629. The van der Waals surface area contributed by atoms with Gasteiger partial charge in [0.15, 0.2) is 0 Å². The molecule has 0 heterocycles. The molecule has 2 atom stereocenters. The average molecular weight is 1160 g/mol. The van der Waals surface area contributed by atoms with Crippen LogP contribution in [-0.4, -0.2) is 47.4 Å². The van der Waals surface area contributed by atoms with E-state index in [-0.39, 0.29) is 18.5 Å². The van der Waals surface area contributed by atoms with Gasteiger partial charge in [0.2, 0.25) is 5.91 Å². The normalized spacial score (nSPS) is 12.6. The second-order valence-corrected chi connectivity index (χ2v) is 26.0. The molecule has 6 heteroatoms. The lowest BCUT2D eigenvalue weighted by molar-refractivity contribution is -0.143. The van der Waals surface area contributed by atoms with Crippen molar-refractivity contribution < 1.29 is 24.5 Å². The Morgan fingerprint density at radius 1 is 0.329 bits per heavy atom. The minimum Gasteiger partial charge on any atom is -0.466 e. The van der Waals surface area contributed by atoms with Gasteiger partial charge in [0.05, 0.1) is 25.4 Å². The molecule has 0 rings (SSSR count). The van der Waals surface area contributed by atoms with E-state index in [2.05, 4.69) is 31.3 Å². The van der Waals surface area contributed by atoms with Gasteiger partial charge in [0.1, 0.15) is 0 Å². The van der Waals surface area contributed by atoms with Gasteiger partial charge in [-0.3, -0.25) is 9.59 Å². The summed E-state index contributed by atoms with van der Waals surface area (Å²) in [5, 5.41) is 23.3. The summed E-state index contributed by atoms with van der Waals surface area (Å²) in [7, 11) is 0. The summed E-state index contributed by atoms with van der Waals surface area (Å²) in [5.74, 6) is -0.0497. The number of amides is 1. The van der Waals surface area contributed by atoms with Crippen molar-refractivity contribution in [1.29, 1.82) is 0 Å². The van der Waals surface area contributed by atoms with Gasteiger partial charge in [0.25, 0.3) is 0 Å². The highest BCUT2D eigenvalue weighted by Crippen LogP contribution is 2.19. The van der Waals surface area contributed by atoms with E-state index in [9.17, 15) is 19.8 Å². The second-order valence-electron chi connectivity index (χ2n) is 26.0. The van der Waals surface area contributed by atoms with Crippen LogP contribution in [0.3, 0.4) is 0 Å². The highest BCUT2D eigenvalue weighted by molar-refractivity contribution is 5.76. The Kier molecular flexibility index (Phi) is 70.4. The predicted octanol–water partition coefficient (Wildman–Crippen LogP) is 24.5. The summed E-state index contributed by atoms with van der Waals surface area (Å²) in [5.41, 5.74) is 0. The number of unbranched alkanes of at least 4 members (excludes halogenated alkanes) is 58. The molecule has 0 saturated carbocycles. The zero-order valence-electron chi connectivity index (χ0n) is 55.8. The summed E-state index contributed by atoms with van der Waals surface area (Å²) >= 11 is 0. The van der Waals surface area contributed by atoms with Crippen LogP contribution in [0, 0.1) is 0 Å². The molecular weight excluding hydrogens is 1010 g/mol. The van der Waals surface area contributed by atoms with Gasteiger partial charge in [-0.15, -0.1) is 0 Å². The molecule has 0 aliphatic rings. The molecule has 0 saturated heterocycles. The van der Waals surface area contributed by atoms with Crippen LogP contribution in [0.4, 0.5) is 0 Å². The number of ether oxygens (including phenoxy) is 1. The van der Waals surface area contributed by atoms with Gasteiger partial charge >= 0.3 is 5.97 Å². The second kappa shape index (κ2) is 71.8. The monoisotopic (exact) mass is 1150 g/mol. The van der Waals surface area contributed by atoms with E-state index < -0.39 is 12.1 Å². The van der Waals surface area contributed by atoms with Crippen LogP contribution in [-0.2, 0) is 14.3 Å². The van der Waals surface area contributed by atoms with Gasteiger partial charge in [0, 0.05) is 12.8 Å². The fourth-order valence-electron chi connectivity index (χ4n) is 12.0. The first-order valence-corrected chi connectivity index (χ1v) is 37.6. The zero-order valence-corrected chi connectivity index (χ0v) is 55.8. The molecule has 0 aliphatic carbocycles. The molecule has 6 nitrogen and oxygen atoms in total. The van der Waals surface area contributed by atoms with Gasteiger partial charge < -0.3 is 20.3 Å². The van der Waals surface area contributed by atoms with E-state index in [0.717, 1.165) is 44.9 Å². The average Bonchev–Trinajstić information content (AvgIpc) is 3.48. The largest absolute Gasteiger partial charge is 0.466 e. The summed E-state index contributed by atoms with van der Waals surface area (Å²) in [6.07, 6.45) is 91.3. The Morgan fingerprint density at radius 3 is 0.866 bits per heavy atom. The van der Waals surface area contributed by atoms with Crippen LogP contribution in [0.2, 0.25) is 0 Å². The summed E-state index contributed by atoms with van der Waals surface area (Å²) < 4.78 is 5.51. The van der Waals surface area contributed by atoms with Crippen LogP contribution in [0.25, 0.3) is 0 Å². The number of carbonyl (C=O) groups excluding carboxylic acids is 2. The number of allylic oxidation sites excluding steroid dienone is 3. The topological polar surface area (TPSA) is 95.9 Å². The third kappa shape index (κ3) is 67.5. The number of hydrogen-bond acceptors (Lipinski definition) is 5. The maximum Gasteiger partial charge on any atom is 0.305 e. The Hall–Kier alpha value is -1.66. The Balaban J connectivity index is 3.39.